The van der Waals surface area contributed by atoms with Crippen LogP contribution in [0.3, 0.4) is 0 Å². The number of para-hydroxylation sites is 1. The highest BCUT2D eigenvalue weighted by atomic mass is 16.5. The topological polar surface area (TPSA) is 115 Å². The number of aldehydes is 1. The van der Waals surface area contributed by atoms with E-state index in [1.165, 1.54) is 18.2 Å². The lowest BCUT2D eigenvalue weighted by Crippen LogP contribution is -2.79. The molecule has 52 heavy (non-hydrogen) atoms. The van der Waals surface area contributed by atoms with E-state index >= 15 is 4.79 Å². The van der Waals surface area contributed by atoms with Gasteiger partial charge in [0.05, 0.1) is 26.3 Å². The Bertz CT molecular complexity index is 1900. The van der Waals surface area contributed by atoms with Crippen molar-refractivity contribution in [2.45, 2.75) is 86.1 Å². The number of methoxy groups -OCH3 is 2. The number of aliphatic hydroxyl groups excluding tert-OH is 1. The molecule has 2 bridgehead atoms. The van der Waals surface area contributed by atoms with Gasteiger partial charge < -0.3 is 29.9 Å². The Kier molecular flexibility index (Phi) is 7.64. The smallest absolute Gasteiger partial charge is 0.318 e. The minimum atomic E-state index is -2.04. The highest BCUT2D eigenvalue weighted by Crippen LogP contribution is 2.67. The molecule has 7 aliphatic rings. The number of nitrogens with one attached hydrogen (secondary N) is 1. The molecule has 3 fully saturated rings. The van der Waals surface area contributed by atoms with Gasteiger partial charge in [0.2, 0.25) is 0 Å². The van der Waals surface area contributed by atoms with Crippen LogP contribution < -0.4 is 15.0 Å². The maximum absolute atomic E-state index is 15.1. The number of ether oxygens (including phenoxy) is 2. The Morgan fingerprint density at radius 1 is 1.12 bits per heavy atom. The van der Waals surface area contributed by atoms with E-state index < -0.39 is 34.0 Å². The molecule has 1 aliphatic carbocycles. The van der Waals surface area contributed by atoms with E-state index in [0.29, 0.717) is 31.3 Å². The van der Waals surface area contributed by atoms with E-state index in [-0.39, 0.29) is 29.9 Å². The first-order chi connectivity index (χ1) is 25.1. The number of anilines is 2. The molecule has 0 amide bonds. The fraction of sp³-hybridized carbons (Fsp3) is 0.571. The van der Waals surface area contributed by atoms with E-state index in [0.717, 1.165) is 61.6 Å². The Morgan fingerprint density at radius 3 is 2.65 bits per heavy atom. The third kappa shape index (κ3) is 4.04. The SMILES string of the molecule is CCC1=CC2CN(C1)CC1c3ccccc3NC1[C@@](C(=O)OC)(c1cc3c(cc1OC)N(C)C1[C@]34CCN3CC=C[C@@](CC)([C@@H](O)[C@]1(O)C=O)[C@H]34)C2. The molecule has 276 valence electrons. The molecule has 1 saturated carbocycles. The lowest BCUT2D eigenvalue weighted by atomic mass is 9.48. The van der Waals surface area contributed by atoms with E-state index in [2.05, 4.69) is 64.5 Å². The maximum atomic E-state index is 15.1. The van der Waals surface area contributed by atoms with Crippen LogP contribution in [0, 0.1) is 11.3 Å². The molecular weight excluding hydrogens is 656 g/mol. The van der Waals surface area contributed by atoms with E-state index in [9.17, 15) is 15.0 Å². The minimum Gasteiger partial charge on any atom is -0.496 e. The summed E-state index contributed by atoms with van der Waals surface area (Å²) in [4.78, 5) is 35.3. The van der Waals surface area contributed by atoms with Crippen LogP contribution >= 0.6 is 0 Å². The highest BCUT2D eigenvalue weighted by Gasteiger charge is 2.77. The van der Waals surface area contributed by atoms with Gasteiger partial charge in [0.25, 0.3) is 0 Å². The lowest BCUT2D eigenvalue weighted by molar-refractivity contribution is -0.193. The molecule has 6 heterocycles. The van der Waals surface area contributed by atoms with Crippen LogP contribution in [0.5, 0.6) is 5.75 Å². The molecule has 1 spiro atoms. The predicted octanol–water partition coefficient (Wildman–Crippen LogP) is 3.76. The summed E-state index contributed by atoms with van der Waals surface area (Å²) < 4.78 is 12.2. The summed E-state index contributed by atoms with van der Waals surface area (Å²) >= 11 is 0. The van der Waals surface area contributed by atoms with Crippen LogP contribution in [-0.2, 0) is 25.2 Å². The van der Waals surface area contributed by atoms with Crippen LogP contribution in [0.25, 0.3) is 0 Å². The molecule has 3 N–H and O–H groups in total. The van der Waals surface area contributed by atoms with Crippen molar-refractivity contribution in [2.75, 3.05) is 64.2 Å². The molecule has 6 aliphatic heterocycles. The van der Waals surface area contributed by atoms with Crippen LogP contribution in [0.4, 0.5) is 11.4 Å². The van der Waals surface area contributed by atoms with Crippen LogP contribution in [0.2, 0.25) is 0 Å². The van der Waals surface area contributed by atoms with Gasteiger partial charge in [-0.3, -0.25) is 19.4 Å². The zero-order valence-corrected chi connectivity index (χ0v) is 31.0. The number of rotatable bonds is 6. The average molecular weight is 709 g/mol. The second-order valence-corrected chi connectivity index (χ2v) is 16.7. The van der Waals surface area contributed by atoms with Crippen LogP contribution in [-0.4, -0.2) is 116 Å². The third-order valence-corrected chi connectivity index (χ3v) is 14.7. The predicted molar refractivity (Wildman–Crippen MR) is 199 cm³/mol. The highest BCUT2D eigenvalue weighted by molar-refractivity contribution is 5.89. The zero-order valence-electron chi connectivity index (χ0n) is 31.0. The second-order valence-electron chi connectivity index (χ2n) is 16.7. The van der Waals surface area contributed by atoms with Crippen molar-refractivity contribution in [1.82, 2.24) is 9.80 Å². The van der Waals surface area contributed by atoms with Crippen molar-refractivity contribution in [3.63, 3.8) is 0 Å². The van der Waals surface area contributed by atoms with Gasteiger partial charge in [0.15, 0.2) is 11.9 Å². The molecule has 2 aromatic carbocycles. The van der Waals surface area contributed by atoms with Crippen molar-refractivity contribution in [3.8, 4) is 5.75 Å². The Morgan fingerprint density at radius 2 is 1.92 bits per heavy atom. The van der Waals surface area contributed by atoms with Gasteiger partial charge in [0.1, 0.15) is 17.3 Å². The molecule has 11 atom stereocenters. The van der Waals surface area contributed by atoms with Gasteiger partial charge in [-0.25, -0.2) is 0 Å². The number of carbonyl (C=O) groups excluding carboxylic acids is 2. The summed E-state index contributed by atoms with van der Waals surface area (Å²) in [5.74, 6) is 0.379. The van der Waals surface area contributed by atoms with Crippen LogP contribution in [0.15, 0.2) is 60.2 Å². The fourth-order valence-corrected chi connectivity index (χ4v) is 12.8. The normalized spacial score (nSPS) is 40.9. The largest absolute Gasteiger partial charge is 0.496 e. The number of likely N-dealkylation sites (N-methyl/N-ethyl adjacent to an activating group) is 1. The first kappa shape index (κ1) is 34.1. The number of esters is 1. The van der Waals surface area contributed by atoms with E-state index in [1.807, 2.05) is 31.0 Å². The van der Waals surface area contributed by atoms with Gasteiger partial charge in [-0.2, -0.15) is 0 Å². The lowest BCUT2D eigenvalue weighted by Gasteiger charge is -2.62. The number of fused-ring (bicyclic) bond motifs is 6. The molecule has 9 rings (SSSR count). The van der Waals surface area contributed by atoms with Crippen molar-refractivity contribution in [3.05, 3.63) is 76.9 Å². The summed E-state index contributed by atoms with van der Waals surface area (Å²) in [7, 11) is 5.07. The Balaban J connectivity index is 1.33. The quantitative estimate of drug-likeness (QED) is 0.233. The summed E-state index contributed by atoms with van der Waals surface area (Å²) in [5, 5.41) is 28.6. The van der Waals surface area contributed by atoms with E-state index in [4.69, 9.17) is 9.47 Å². The summed E-state index contributed by atoms with van der Waals surface area (Å²) in [6.45, 7) is 8.33. The molecule has 5 unspecified atom stereocenters. The van der Waals surface area contributed by atoms with Crippen molar-refractivity contribution in [2.24, 2.45) is 11.3 Å². The molecule has 2 saturated heterocycles. The monoisotopic (exact) mass is 708 g/mol. The molecule has 10 nitrogen and oxygen atoms in total. The minimum absolute atomic E-state index is 0.00202. The van der Waals surface area contributed by atoms with Gasteiger partial charge in [-0.1, -0.05) is 55.8 Å². The second kappa shape index (κ2) is 11.6. The fourth-order valence-electron chi connectivity index (χ4n) is 12.8. The Hall–Kier alpha value is -3.70. The van der Waals surface area contributed by atoms with Gasteiger partial charge in [-0.15, -0.1) is 0 Å². The summed E-state index contributed by atoms with van der Waals surface area (Å²) in [6, 6.07) is 11.4. The number of hydrogen-bond donors (Lipinski definition) is 3. The van der Waals surface area contributed by atoms with Crippen molar-refractivity contribution >= 4 is 23.6 Å². The third-order valence-electron chi connectivity index (χ3n) is 14.7. The summed E-state index contributed by atoms with van der Waals surface area (Å²) in [5.41, 5.74) is 1.48. The average Bonchev–Trinajstić information content (AvgIpc) is 3.81. The number of benzene rings is 2. The molecule has 10 heteroatoms. The molecular formula is C42H52N4O6. The number of aliphatic hydroxyl groups is 2. The zero-order chi connectivity index (χ0) is 36.4. The first-order valence-corrected chi connectivity index (χ1v) is 19.2. The number of carbonyl (C=O) groups is 2. The van der Waals surface area contributed by atoms with Crippen molar-refractivity contribution in [1.29, 1.82) is 0 Å². The molecule has 0 radical (unpaired) electrons. The number of nitrogens with zero attached hydrogens (tertiary/aromatic N) is 3. The van der Waals surface area contributed by atoms with Crippen molar-refractivity contribution < 1.29 is 29.3 Å². The Labute approximate surface area is 306 Å². The molecule has 0 aromatic heterocycles. The van der Waals surface area contributed by atoms with Gasteiger partial charge in [-0.05, 0) is 61.4 Å². The standard InChI is InChI=1S/C42H52N4O6/c1-6-25-17-26-20-41(38(49)52-5,34-28(23-45(21-25)22-26)27-11-8-9-12-31(27)43-34)30-18-29-32(19-33(30)51-4)44(3)36-40(29)14-16-46-15-10-13-39(7-2,35(40)46)37(48)42(36,50)24-47/h8-13,17-19,24,26,28,34-37,43,48,50H,6-7,14-16,20-23H2,1-5H3/t26?,28?,34?,35-,36?,37+,39+,40+,41-,42-/m0/s1. The summed E-state index contributed by atoms with van der Waals surface area (Å²) in [6.07, 6.45) is 8.57. The van der Waals surface area contributed by atoms with Gasteiger partial charge >= 0.3 is 5.97 Å². The van der Waals surface area contributed by atoms with Crippen LogP contribution in [0.1, 0.15) is 62.1 Å². The van der Waals surface area contributed by atoms with E-state index in [1.54, 1.807) is 7.11 Å². The van der Waals surface area contributed by atoms with Gasteiger partial charge in [0, 0.05) is 79.0 Å². The first-order valence-electron chi connectivity index (χ1n) is 19.2. The number of hydrogen-bond acceptors (Lipinski definition) is 10. The molecule has 2 aromatic rings. The maximum Gasteiger partial charge on any atom is 0.318 e.